The van der Waals surface area contributed by atoms with E-state index in [-0.39, 0.29) is 5.54 Å². The molecule has 1 aliphatic heterocycles. The van der Waals surface area contributed by atoms with Gasteiger partial charge in [0, 0.05) is 5.54 Å². The molecule has 102 valence electrons. The fourth-order valence-electron chi connectivity index (χ4n) is 2.45. The van der Waals surface area contributed by atoms with Crippen LogP contribution in [0.15, 0.2) is 0 Å². The van der Waals surface area contributed by atoms with Crippen LogP contribution in [0.2, 0.25) is 0 Å². The van der Waals surface area contributed by atoms with Crippen LogP contribution in [0.25, 0.3) is 0 Å². The molecule has 1 aliphatic rings. The molecular formula is C14H31N3. The van der Waals surface area contributed by atoms with E-state index >= 15 is 0 Å². The van der Waals surface area contributed by atoms with Crippen LogP contribution in [0.4, 0.5) is 0 Å². The monoisotopic (exact) mass is 241 g/mol. The van der Waals surface area contributed by atoms with Crippen LogP contribution in [-0.4, -0.2) is 43.7 Å². The van der Waals surface area contributed by atoms with Crippen molar-refractivity contribution in [2.24, 2.45) is 11.7 Å². The van der Waals surface area contributed by atoms with Crippen molar-refractivity contribution < 1.29 is 0 Å². The number of rotatable bonds is 7. The summed E-state index contributed by atoms with van der Waals surface area (Å²) in [6.45, 7) is 9.07. The van der Waals surface area contributed by atoms with E-state index in [1.807, 2.05) is 0 Å². The molecule has 1 saturated heterocycles. The molecule has 1 heterocycles. The quantitative estimate of drug-likeness (QED) is 0.668. The van der Waals surface area contributed by atoms with Crippen molar-refractivity contribution >= 4 is 0 Å². The van der Waals surface area contributed by atoms with Gasteiger partial charge in [0.2, 0.25) is 0 Å². The highest BCUT2D eigenvalue weighted by atomic mass is 15.1. The fourth-order valence-corrected chi connectivity index (χ4v) is 2.45. The Hall–Kier alpha value is -0.120. The Morgan fingerprint density at radius 1 is 1.24 bits per heavy atom. The summed E-state index contributed by atoms with van der Waals surface area (Å²) in [4.78, 5) is 2.44. The van der Waals surface area contributed by atoms with E-state index in [2.05, 4.69) is 31.1 Å². The molecule has 0 unspecified atom stereocenters. The third kappa shape index (κ3) is 7.74. The van der Waals surface area contributed by atoms with Gasteiger partial charge >= 0.3 is 0 Å². The highest BCUT2D eigenvalue weighted by Gasteiger charge is 2.15. The van der Waals surface area contributed by atoms with Crippen LogP contribution in [0.3, 0.4) is 0 Å². The average molecular weight is 241 g/mol. The molecule has 0 aromatic carbocycles. The van der Waals surface area contributed by atoms with Gasteiger partial charge in [0.05, 0.1) is 0 Å². The van der Waals surface area contributed by atoms with Crippen molar-refractivity contribution in [1.82, 2.24) is 10.2 Å². The lowest BCUT2D eigenvalue weighted by atomic mass is 9.94. The number of nitrogens with two attached hydrogens (primary N) is 1. The molecule has 0 saturated carbocycles. The molecule has 3 N–H and O–H groups in total. The fraction of sp³-hybridized carbons (Fsp3) is 1.00. The highest BCUT2D eigenvalue weighted by molar-refractivity contribution is 4.73. The minimum absolute atomic E-state index is 0.00433. The van der Waals surface area contributed by atoms with Crippen LogP contribution in [0.5, 0.6) is 0 Å². The van der Waals surface area contributed by atoms with Gasteiger partial charge in [0.25, 0.3) is 0 Å². The zero-order valence-corrected chi connectivity index (χ0v) is 12.0. The van der Waals surface area contributed by atoms with Gasteiger partial charge < -0.3 is 16.0 Å². The summed E-state index contributed by atoms with van der Waals surface area (Å²) in [6.07, 6.45) is 6.41. The zero-order chi connectivity index (χ0) is 12.7. The predicted octanol–water partition coefficient (Wildman–Crippen LogP) is 1.83. The highest BCUT2D eigenvalue weighted by Crippen LogP contribution is 2.18. The Morgan fingerprint density at radius 2 is 1.88 bits per heavy atom. The van der Waals surface area contributed by atoms with Gasteiger partial charge in [-0.15, -0.1) is 0 Å². The van der Waals surface area contributed by atoms with E-state index in [1.54, 1.807) is 0 Å². The Morgan fingerprint density at radius 3 is 2.47 bits per heavy atom. The van der Waals surface area contributed by atoms with Crippen LogP contribution < -0.4 is 11.1 Å². The van der Waals surface area contributed by atoms with Gasteiger partial charge in [-0.1, -0.05) is 0 Å². The minimum atomic E-state index is -0.00433. The van der Waals surface area contributed by atoms with E-state index in [0.29, 0.717) is 0 Å². The van der Waals surface area contributed by atoms with E-state index in [9.17, 15) is 0 Å². The molecule has 1 rings (SSSR count). The summed E-state index contributed by atoms with van der Waals surface area (Å²) in [7, 11) is 2.23. The van der Waals surface area contributed by atoms with Crippen molar-refractivity contribution in [3.63, 3.8) is 0 Å². The maximum atomic E-state index is 5.95. The Balaban J connectivity index is 1.91. The van der Waals surface area contributed by atoms with E-state index < -0.39 is 0 Å². The minimum Gasteiger partial charge on any atom is -0.326 e. The molecule has 0 spiro atoms. The molecule has 0 bridgehead atoms. The lowest BCUT2D eigenvalue weighted by Crippen LogP contribution is -2.33. The summed E-state index contributed by atoms with van der Waals surface area (Å²) < 4.78 is 0. The van der Waals surface area contributed by atoms with Crippen LogP contribution >= 0.6 is 0 Å². The smallest absolute Gasteiger partial charge is 0.00975 e. The van der Waals surface area contributed by atoms with Gasteiger partial charge in [0.15, 0.2) is 0 Å². The first kappa shape index (κ1) is 14.9. The molecule has 0 atom stereocenters. The maximum Gasteiger partial charge on any atom is 0.00975 e. The lowest BCUT2D eigenvalue weighted by Gasteiger charge is -2.29. The number of nitrogens with one attached hydrogen (secondary N) is 1. The molecule has 3 heteroatoms. The molecule has 0 amide bonds. The first-order chi connectivity index (χ1) is 7.97. The average Bonchev–Trinajstić information content (AvgIpc) is 2.24. The number of piperidine rings is 1. The van der Waals surface area contributed by atoms with Gasteiger partial charge in [0.1, 0.15) is 0 Å². The SMILES string of the molecule is CN1CCC(CCNCCCC(C)(C)N)CC1. The summed E-state index contributed by atoms with van der Waals surface area (Å²) in [5, 5.41) is 3.55. The van der Waals surface area contributed by atoms with Crippen molar-refractivity contribution in [3.05, 3.63) is 0 Å². The number of hydrogen-bond donors (Lipinski definition) is 2. The summed E-state index contributed by atoms with van der Waals surface area (Å²) in [5.74, 6) is 0.949. The Labute approximate surface area is 107 Å². The second-order valence-corrected chi connectivity index (χ2v) is 6.38. The second kappa shape index (κ2) is 7.34. The van der Waals surface area contributed by atoms with Gasteiger partial charge in [-0.25, -0.2) is 0 Å². The van der Waals surface area contributed by atoms with Crippen molar-refractivity contribution in [2.75, 3.05) is 33.2 Å². The first-order valence-electron chi connectivity index (χ1n) is 7.15. The van der Waals surface area contributed by atoms with Gasteiger partial charge in [-0.3, -0.25) is 0 Å². The normalized spacial score (nSPS) is 19.8. The Kier molecular flexibility index (Phi) is 6.45. The van der Waals surface area contributed by atoms with E-state index in [1.165, 1.54) is 45.3 Å². The van der Waals surface area contributed by atoms with Gasteiger partial charge in [-0.05, 0) is 85.1 Å². The molecule has 0 radical (unpaired) electrons. The largest absolute Gasteiger partial charge is 0.326 e. The standard InChI is InChI=1S/C14H31N3/c1-14(2,15)8-4-9-16-10-5-13-6-11-17(3)12-7-13/h13,16H,4-12,15H2,1-3H3. The predicted molar refractivity (Wildman–Crippen MR) is 75.2 cm³/mol. The molecular weight excluding hydrogens is 210 g/mol. The molecule has 1 fully saturated rings. The van der Waals surface area contributed by atoms with E-state index in [0.717, 1.165) is 18.9 Å². The second-order valence-electron chi connectivity index (χ2n) is 6.38. The third-order valence-corrected chi connectivity index (χ3v) is 3.74. The third-order valence-electron chi connectivity index (χ3n) is 3.74. The van der Waals surface area contributed by atoms with Crippen LogP contribution in [0, 0.1) is 5.92 Å². The molecule has 17 heavy (non-hydrogen) atoms. The number of hydrogen-bond acceptors (Lipinski definition) is 3. The maximum absolute atomic E-state index is 5.95. The number of likely N-dealkylation sites (tertiary alicyclic amines) is 1. The van der Waals surface area contributed by atoms with Crippen LogP contribution in [-0.2, 0) is 0 Å². The van der Waals surface area contributed by atoms with Crippen molar-refractivity contribution in [1.29, 1.82) is 0 Å². The molecule has 0 aromatic heterocycles. The van der Waals surface area contributed by atoms with Crippen molar-refractivity contribution in [3.8, 4) is 0 Å². The summed E-state index contributed by atoms with van der Waals surface area (Å²) >= 11 is 0. The first-order valence-corrected chi connectivity index (χ1v) is 7.15. The molecule has 3 nitrogen and oxygen atoms in total. The van der Waals surface area contributed by atoms with E-state index in [4.69, 9.17) is 5.73 Å². The summed E-state index contributed by atoms with van der Waals surface area (Å²) in [6, 6.07) is 0. The molecule has 0 aromatic rings. The lowest BCUT2D eigenvalue weighted by molar-refractivity contribution is 0.211. The number of nitrogens with zero attached hydrogens (tertiary/aromatic N) is 1. The van der Waals surface area contributed by atoms with Crippen molar-refractivity contribution in [2.45, 2.75) is 51.5 Å². The summed E-state index contributed by atoms with van der Waals surface area (Å²) in [5.41, 5.74) is 5.94. The Bertz CT molecular complexity index is 190. The topological polar surface area (TPSA) is 41.3 Å². The zero-order valence-electron chi connectivity index (χ0n) is 12.0. The molecule has 0 aliphatic carbocycles. The van der Waals surface area contributed by atoms with Crippen LogP contribution in [0.1, 0.15) is 46.0 Å². The van der Waals surface area contributed by atoms with Gasteiger partial charge in [-0.2, -0.15) is 0 Å².